The van der Waals surface area contributed by atoms with Crippen molar-refractivity contribution in [2.75, 3.05) is 26.3 Å². The van der Waals surface area contributed by atoms with Crippen molar-refractivity contribution in [3.8, 4) is 17.4 Å². The zero-order valence-electron chi connectivity index (χ0n) is 14.6. The van der Waals surface area contributed by atoms with E-state index in [0.29, 0.717) is 30.5 Å². The van der Waals surface area contributed by atoms with Gasteiger partial charge in [-0.1, -0.05) is 6.07 Å². The van der Waals surface area contributed by atoms with Gasteiger partial charge in [-0.15, -0.1) is 0 Å². The molecule has 1 N–H and O–H groups in total. The van der Waals surface area contributed by atoms with Gasteiger partial charge in [-0.2, -0.15) is 0 Å². The van der Waals surface area contributed by atoms with Gasteiger partial charge in [0.05, 0.1) is 19.1 Å². The van der Waals surface area contributed by atoms with E-state index in [-0.39, 0.29) is 25.5 Å². The number of benzene rings is 1. The van der Waals surface area contributed by atoms with Crippen LogP contribution in [0.5, 0.6) is 17.4 Å². The Morgan fingerprint density at radius 3 is 2.67 bits per heavy atom. The third-order valence-electron chi connectivity index (χ3n) is 3.94. The fourth-order valence-corrected chi connectivity index (χ4v) is 2.63. The normalized spacial score (nSPS) is 16.6. The molecule has 1 amide bonds. The fourth-order valence-electron chi connectivity index (χ4n) is 2.63. The van der Waals surface area contributed by atoms with Crippen molar-refractivity contribution in [1.29, 1.82) is 0 Å². The molecule has 27 heavy (non-hydrogen) atoms. The summed E-state index contributed by atoms with van der Waals surface area (Å²) in [5, 5.41) is 8.84. The van der Waals surface area contributed by atoms with E-state index in [1.807, 2.05) is 6.07 Å². The van der Waals surface area contributed by atoms with Gasteiger partial charge in [-0.3, -0.25) is 9.59 Å². The molecule has 8 heteroatoms. The number of morpholine rings is 1. The molecule has 1 aromatic carbocycles. The SMILES string of the molecule is O=C(O)CC1CN(C(=O)COc2ccc(Oc3ccccn3)cc2)CCO1. The Kier molecular flexibility index (Phi) is 6.22. The first-order valence-electron chi connectivity index (χ1n) is 8.53. The fraction of sp³-hybridized carbons (Fsp3) is 0.316. The Balaban J connectivity index is 1.48. The number of rotatable bonds is 7. The van der Waals surface area contributed by atoms with Crippen LogP contribution in [-0.4, -0.2) is 59.3 Å². The van der Waals surface area contributed by atoms with Crippen LogP contribution in [0, 0.1) is 0 Å². The lowest BCUT2D eigenvalue weighted by atomic mass is 10.2. The Bertz CT molecular complexity index is 766. The van der Waals surface area contributed by atoms with Crippen LogP contribution in [-0.2, 0) is 14.3 Å². The van der Waals surface area contributed by atoms with Crippen molar-refractivity contribution in [3.63, 3.8) is 0 Å². The number of carboxylic acids is 1. The Hall–Kier alpha value is -3.13. The highest BCUT2D eigenvalue weighted by atomic mass is 16.5. The minimum Gasteiger partial charge on any atom is -0.484 e. The number of hydrogen-bond donors (Lipinski definition) is 1. The molecule has 2 aromatic rings. The van der Waals surface area contributed by atoms with E-state index in [1.165, 1.54) is 0 Å². The van der Waals surface area contributed by atoms with Crippen molar-refractivity contribution in [2.45, 2.75) is 12.5 Å². The van der Waals surface area contributed by atoms with Crippen molar-refractivity contribution in [1.82, 2.24) is 9.88 Å². The molecule has 2 heterocycles. The molecule has 3 rings (SSSR count). The summed E-state index contributed by atoms with van der Waals surface area (Å²) < 4.78 is 16.5. The first-order chi connectivity index (χ1) is 13.1. The van der Waals surface area contributed by atoms with E-state index in [9.17, 15) is 9.59 Å². The number of carbonyl (C=O) groups is 2. The maximum Gasteiger partial charge on any atom is 0.306 e. The van der Waals surface area contributed by atoms with Crippen LogP contribution in [0.2, 0.25) is 0 Å². The molecule has 1 unspecified atom stereocenters. The minimum atomic E-state index is -0.946. The van der Waals surface area contributed by atoms with Crippen LogP contribution >= 0.6 is 0 Å². The van der Waals surface area contributed by atoms with Gasteiger partial charge in [0.2, 0.25) is 5.88 Å². The topological polar surface area (TPSA) is 98.2 Å². The van der Waals surface area contributed by atoms with Gasteiger partial charge in [0.15, 0.2) is 6.61 Å². The molecule has 8 nitrogen and oxygen atoms in total. The average molecular weight is 372 g/mol. The van der Waals surface area contributed by atoms with Crippen LogP contribution in [0.25, 0.3) is 0 Å². The van der Waals surface area contributed by atoms with E-state index in [0.717, 1.165) is 0 Å². The number of amides is 1. The largest absolute Gasteiger partial charge is 0.484 e. The highest BCUT2D eigenvalue weighted by molar-refractivity contribution is 5.78. The molecule has 1 aliphatic rings. The van der Waals surface area contributed by atoms with Gasteiger partial charge in [-0.05, 0) is 30.3 Å². The van der Waals surface area contributed by atoms with E-state index in [2.05, 4.69) is 4.98 Å². The first-order valence-corrected chi connectivity index (χ1v) is 8.53. The summed E-state index contributed by atoms with van der Waals surface area (Å²) in [6.07, 6.45) is 1.04. The second-order valence-corrected chi connectivity index (χ2v) is 5.96. The number of ether oxygens (including phenoxy) is 3. The standard InChI is InChI=1S/C19H20N2O6/c22-18(21-9-10-25-16(12-21)11-19(23)24)13-26-14-4-6-15(7-5-14)27-17-3-1-2-8-20-17/h1-8,16H,9-13H2,(H,23,24). The molecule has 1 aliphatic heterocycles. The van der Waals surface area contributed by atoms with Crippen LogP contribution in [0.3, 0.4) is 0 Å². The summed E-state index contributed by atoms with van der Waals surface area (Å²) in [4.78, 5) is 28.7. The molecule has 142 valence electrons. The molecule has 0 radical (unpaired) electrons. The smallest absolute Gasteiger partial charge is 0.306 e. The zero-order chi connectivity index (χ0) is 19.1. The second kappa shape index (κ2) is 9.00. The summed E-state index contributed by atoms with van der Waals surface area (Å²) in [5.41, 5.74) is 0. The van der Waals surface area contributed by atoms with Crippen LogP contribution < -0.4 is 9.47 Å². The lowest BCUT2D eigenvalue weighted by Gasteiger charge is -2.32. The Morgan fingerprint density at radius 1 is 1.19 bits per heavy atom. The van der Waals surface area contributed by atoms with Crippen molar-refractivity contribution < 1.29 is 28.9 Å². The highest BCUT2D eigenvalue weighted by Crippen LogP contribution is 2.22. The number of carbonyl (C=O) groups excluding carboxylic acids is 1. The van der Waals surface area contributed by atoms with Gasteiger partial charge >= 0.3 is 5.97 Å². The third-order valence-corrected chi connectivity index (χ3v) is 3.94. The summed E-state index contributed by atoms with van der Waals surface area (Å²) in [6.45, 7) is 0.879. The summed E-state index contributed by atoms with van der Waals surface area (Å²) in [7, 11) is 0. The lowest BCUT2D eigenvalue weighted by molar-refractivity contribution is -0.148. The highest BCUT2D eigenvalue weighted by Gasteiger charge is 2.26. The molecule has 0 aliphatic carbocycles. The number of carboxylic acid groups (broad SMARTS) is 1. The second-order valence-electron chi connectivity index (χ2n) is 5.96. The number of aromatic nitrogens is 1. The molecular weight excluding hydrogens is 352 g/mol. The van der Waals surface area contributed by atoms with Crippen LogP contribution in [0.1, 0.15) is 6.42 Å². The molecule has 1 fully saturated rings. The lowest BCUT2D eigenvalue weighted by Crippen LogP contribution is -2.47. The Labute approximate surface area is 156 Å². The number of nitrogens with zero attached hydrogens (tertiary/aromatic N) is 2. The van der Waals surface area contributed by atoms with E-state index >= 15 is 0 Å². The van der Waals surface area contributed by atoms with Gasteiger partial charge in [0.25, 0.3) is 5.91 Å². The van der Waals surface area contributed by atoms with Gasteiger partial charge in [-0.25, -0.2) is 4.98 Å². The van der Waals surface area contributed by atoms with Crippen molar-refractivity contribution in [2.24, 2.45) is 0 Å². The van der Waals surface area contributed by atoms with Gasteiger partial charge < -0.3 is 24.2 Å². The summed E-state index contributed by atoms with van der Waals surface area (Å²) in [6, 6.07) is 12.3. The summed E-state index contributed by atoms with van der Waals surface area (Å²) >= 11 is 0. The van der Waals surface area contributed by atoms with Crippen LogP contribution in [0.15, 0.2) is 48.7 Å². The molecule has 1 atom stereocenters. The maximum atomic E-state index is 12.3. The maximum absolute atomic E-state index is 12.3. The monoisotopic (exact) mass is 372 g/mol. The number of pyridine rings is 1. The molecule has 0 spiro atoms. The first kappa shape index (κ1) is 18.7. The molecule has 1 aromatic heterocycles. The zero-order valence-corrected chi connectivity index (χ0v) is 14.6. The van der Waals surface area contributed by atoms with Crippen molar-refractivity contribution >= 4 is 11.9 Å². The van der Waals surface area contributed by atoms with E-state index in [4.69, 9.17) is 19.3 Å². The third kappa shape index (κ3) is 5.68. The van der Waals surface area contributed by atoms with Gasteiger partial charge in [0.1, 0.15) is 11.5 Å². The van der Waals surface area contributed by atoms with E-state index in [1.54, 1.807) is 47.5 Å². The van der Waals surface area contributed by atoms with Crippen LogP contribution in [0.4, 0.5) is 0 Å². The minimum absolute atomic E-state index is 0.123. The predicted octanol–water partition coefficient (Wildman–Crippen LogP) is 1.95. The number of hydrogen-bond acceptors (Lipinski definition) is 6. The predicted molar refractivity (Wildman–Crippen MR) is 94.8 cm³/mol. The van der Waals surface area contributed by atoms with E-state index < -0.39 is 12.1 Å². The molecular formula is C19H20N2O6. The Morgan fingerprint density at radius 2 is 1.96 bits per heavy atom. The quantitative estimate of drug-likeness (QED) is 0.793. The van der Waals surface area contributed by atoms with Crippen molar-refractivity contribution in [3.05, 3.63) is 48.7 Å². The number of aliphatic carboxylic acids is 1. The molecule has 0 saturated carbocycles. The summed E-state index contributed by atoms with van der Waals surface area (Å²) in [5.74, 6) is 0.481. The molecule has 1 saturated heterocycles. The van der Waals surface area contributed by atoms with Gasteiger partial charge in [0, 0.05) is 25.4 Å². The molecule has 0 bridgehead atoms. The average Bonchev–Trinajstić information content (AvgIpc) is 2.68.